The number of carboxylic acid groups (broad SMARTS) is 1. The zero-order chi connectivity index (χ0) is 17.0. The van der Waals surface area contributed by atoms with Gasteiger partial charge in [0.05, 0.1) is 20.1 Å². The number of ether oxygens (including phenoxy) is 2. The molecule has 3 N–H and O–H groups in total. The van der Waals surface area contributed by atoms with E-state index in [2.05, 4.69) is 10.0 Å². The number of rotatable bonds is 6. The number of carbonyl (C=O) groups is 1. The summed E-state index contributed by atoms with van der Waals surface area (Å²) in [5, 5.41) is 12.0. The van der Waals surface area contributed by atoms with Gasteiger partial charge < -0.3 is 19.9 Å². The van der Waals surface area contributed by atoms with Crippen LogP contribution in [0.3, 0.4) is 0 Å². The minimum absolute atomic E-state index is 0.0446. The van der Waals surface area contributed by atoms with E-state index in [0.717, 1.165) is 0 Å². The highest BCUT2D eigenvalue weighted by Gasteiger charge is 2.31. The molecule has 9 heteroatoms. The summed E-state index contributed by atoms with van der Waals surface area (Å²) in [6.07, 6.45) is 0.230. The van der Waals surface area contributed by atoms with Crippen molar-refractivity contribution in [1.29, 1.82) is 0 Å². The fraction of sp³-hybridized carbons (Fsp3) is 0.500. The molecule has 23 heavy (non-hydrogen) atoms. The standard InChI is InChI=1S/C14H20N2O6S/c1-21-11-3-4-12(22-2)13(6-11)23(19,20)16-10-5-9(14(17)18)7-15-8-10/h3-4,6,9-10,15-16H,5,7-8H2,1-2H3,(H,17,18). The third-order valence-corrected chi connectivity index (χ3v) is 5.22. The number of piperidine rings is 1. The fourth-order valence-corrected chi connectivity index (χ4v) is 3.93. The first-order valence-corrected chi connectivity index (χ1v) is 8.53. The summed E-state index contributed by atoms with van der Waals surface area (Å²) in [4.78, 5) is 11.0. The average Bonchev–Trinajstić information content (AvgIpc) is 2.54. The highest BCUT2D eigenvalue weighted by atomic mass is 32.2. The number of nitrogens with one attached hydrogen (secondary N) is 2. The predicted molar refractivity (Wildman–Crippen MR) is 82.3 cm³/mol. The van der Waals surface area contributed by atoms with Crippen LogP contribution < -0.4 is 19.5 Å². The Morgan fingerprint density at radius 3 is 2.65 bits per heavy atom. The summed E-state index contributed by atoms with van der Waals surface area (Å²) in [7, 11) is -1.06. The van der Waals surface area contributed by atoms with Gasteiger partial charge in [-0.05, 0) is 18.6 Å². The molecule has 1 aromatic rings. The van der Waals surface area contributed by atoms with Gasteiger partial charge in [0.25, 0.3) is 0 Å². The molecule has 1 aliphatic rings. The largest absolute Gasteiger partial charge is 0.497 e. The van der Waals surface area contributed by atoms with Gasteiger partial charge in [-0.25, -0.2) is 13.1 Å². The molecule has 0 amide bonds. The SMILES string of the molecule is COc1ccc(OC)c(S(=O)(=O)NC2CNCC(C(=O)O)C2)c1. The second-order valence-corrected chi connectivity index (χ2v) is 6.95. The summed E-state index contributed by atoms with van der Waals surface area (Å²) < 4.78 is 37.9. The van der Waals surface area contributed by atoms with E-state index in [4.69, 9.17) is 14.6 Å². The van der Waals surface area contributed by atoms with Gasteiger partial charge in [-0.15, -0.1) is 0 Å². The van der Waals surface area contributed by atoms with Crippen LogP contribution in [0.25, 0.3) is 0 Å². The minimum atomic E-state index is -3.87. The summed E-state index contributed by atoms with van der Waals surface area (Å²) in [6.45, 7) is 0.700. The lowest BCUT2D eigenvalue weighted by molar-refractivity contribution is -0.142. The third kappa shape index (κ3) is 4.12. The molecule has 1 saturated heterocycles. The van der Waals surface area contributed by atoms with Gasteiger partial charge >= 0.3 is 5.97 Å². The van der Waals surface area contributed by atoms with Crippen LogP contribution >= 0.6 is 0 Å². The molecule has 128 valence electrons. The maximum atomic E-state index is 12.6. The minimum Gasteiger partial charge on any atom is -0.497 e. The molecule has 2 atom stereocenters. The van der Waals surface area contributed by atoms with E-state index >= 15 is 0 Å². The third-order valence-electron chi connectivity index (χ3n) is 3.68. The Kier molecular flexibility index (Phi) is 5.45. The second kappa shape index (κ2) is 7.16. The summed E-state index contributed by atoms with van der Waals surface area (Å²) >= 11 is 0. The lowest BCUT2D eigenvalue weighted by atomic mass is 9.97. The van der Waals surface area contributed by atoms with Crippen molar-refractivity contribution < 1.29 is 27.8 Å². The lowest BCUT2D eigenvalue weighted by Gasteiger charge is -2.28. The first-order chi connectivity index (χ1) is 10.9. The van der Waals surface area contributed by atoms with Crippen molar-refractivity contribution >= 4 is 16.0 Å². The van der Waals surface area contributed by atoms with Gasteiger partial charge in [-0.2, -0.15) is 0 Å². The van der Waals surface area contributed by atoms with Crippen molar-refractivity contribution in [3.8, 4) is 11.5 Å². The zero-order valence-electron chi connectivity index (χ0n) is 12.9. The Morgan fingerprint density at radius 1 is 1.30 bits per heavy atom. The van der Waals surface area contributed by atoms with Crippen LogP contribution in [0.15, 0.2) is 23.1 Å². The Balaban J connectivity index is 2.23. The molecule has 8 nitrogen and oxygen atoms in total. The zero-order valence-corrected chi connectivity index (χ0v) is 13.7. The molecule has 1 aliphatic heterocycles. The quantitative estimate of drug-likeness (QED) is 0.668. The molecule has 0 spiro atoms. The second-order valence-electron chi connectivity index (χ2n) is 5.26. The smallest absolute Gasteiger partial charge is 0.307 e. The molecule has 0 saturated carbocycles. The average molecular weight is 344 g/mol. The van der Waals surface area contributed by atoms with E-state index in [9.17, 15) is 13.2 Å². The van der Waals surface area contributed by atoms with Crippen LogP contribution in [0.4, 0.5) is 0 Å². The summed E-state index contributed by atoms with van der Waals surface area (Å²) in [5.74, 6) is -0.989. The van der Waals surface area contributed by atoms with Gasteiger partial charge in [0.15, 0.2) is 0 Å². The monoisotopic (exact) mass is 344 g/mol. The first kappa shape index (κ1) is 17.5. The van der Waals surface area contributed by atoms with Crippen molar-refractivity contribution in [2.75, 3.05) is 27.3 Å². The molecule has 0 aliphatic carbocycles. The molecule has 1 fully saturated rings. The number of methoxy groups -OCH3 is 2. The van der Waals surface area contributed by atoms with E-state index in [1.165, 1.54) is 26.4 Å². The Morgan fingerprint density at radius 2 is 2.04 bits per heavy atom. The van der Waals surface area contributed by atoms with Crippen molar-refractivity contribution in [3.05, 3.63) is 18.2 Å². The Hall–Kier alpha value is -1.84. The number of carboxylic acids is 1. The normalized spacial score (nSPS) is 21.7. The topological polar surface area (TPSA) is 114 Å². The number of aliphatic carboxylic acids is 1. The Labute approximate surface area is 134 Å². The summed E-state index contributed by atoms with van der Waals surface area (Å²) in [5.41, 5.74) is 0. The van der Waals surface area contributed by atoms with Crippen molar-refractivity contribution in [2.45, 2.75) is 17.4 Å². The number of sulfonamides is 1. The van der Waals surface area contributed by atoms with Crippen LogP contribution in [0, 0.1) is 5.92 Å². The van der Waals surface area contributed by atoms with Crippen LogP contribution in [-0.4, -0.2) is 52.8 Å². The predicted octanol–water partition coefficient (Wildman–Crippen LogP) is 0.0448. The number of hydrogen-bond acceptors (Lipinski definition) is 6. The van der Waals surface area contributed by atoms with Gasteiger partial charge in [-0.3, -0.25) is 4.79 Å². The van der Waals surface area contributed by atoms with Crippen LogP contribution in [0.2, 0.25) is 0 Å². The van der Waals surface area contributed by atoms with Crippen LogP contribution in [0.1, 0.15) is 6.42 Å². The van der Waals surface area contributed by atoms with Gasteiger partial charge in [0.1, 0.15) is 16.4 Å². The van der Waals surface area contributed by atoms with E-state index in [-0.39, 0.29) is 17.1 Å². The Bertz CT molecular complexity index is 676. The highest BCUT2D eigenvalue weighted by Crippen LogP contribution is 2.28. The van der Waals surface area contributed by atoms with Gasteiger partial charge in [0, 0.05) is 25.2 Å². The molecule has 1 aromatic carbocycles. The highest BCUT2D eigenvalue weighted by molar-refractivity contribution is 7.89. The number of hydrogen-bond donors (Lipinski definition) is 3. The summed E-state index contributed by atoms with van der Waals surface area (Å²) in [6, 6.07) is 3.96. The molecule has 0 aromatic heterocycles. The fourth-order valence-electron chi connectivity index (χ4n) is 2.50. The van der Waals surface area contributed by atoms with Crippen molar-refractivity contribution in [3.63, 3.8) is 0 Å². The van der Waals surface area contributed by atoms with Gasteiger partial charge in [0.2, 0.25) is 10.0 Å². The lowest BCUT2D eigenvalue weighted by Crippen LogP contribution is -2.50. The molecule has 0 radical (unpaired) electrons. The number of benzene rings is 1. The van der Waals surface area contributed by atoms with Crippen LogP contribution in [0.5, 0.6) is 11.5 Å². The molecule has 2 unspecified atom stereocenters. The van der Waals surface area contributed by atoms with E-state index in [1.54, 1.807) is 6.07 Å². The molecular weight excluding hydrogens is 324 g/mol. The van der Waals surface area contributed by atoms with E-state index in [0.29, 0.717) is 18.8 Å². The first-order valence-electron chi connectivity index (χ1n) is 7.05. The van der Waals surface area contributed by atoms with E-state index < -0.39 is 28.0 Å². The molecule has 2 rings (SSSR count). The maximum Gasteiger partial charge on any atom is 0.307 e. The molecular formula is C14H20N2O6S. The van der Waals surface area contributed by atoms with Crippen LogP contribution in [-0.2, 0) is 14.8 Å². The van der Waals surface area contributed by atoms with Crippen molar-refractivity contribution in [2.24, 2.45) is 5.92 Å². The maximum absolute atomic E-state index is 12.6. The van der Waals surface area contributed by atoms with Crippen molar-refractivity contribution in [1.82, 2.24) is 10.0 Å². The van der Waals surface area contributed by atoms with E-state index in [1.807, 2.05) is 0 Å². The molecule has 0 bridgehead atoms. The molecule has 1 heterocycles. The van der Waals surface area contributed by atoms with Gasteiger partial charge in [-0.1, -0.05) is 0 Å².